The molecule has 12 heavy (non-hydrogen) atoms. The Labute approximate surface area is 73.8 Å². The minimum atomic E-state index is -0.289. The second-order valence-electron chi connectivity index (χ2n) is 2.45. The van der Waals surface area contributed by atoms with E-state index in [4.69, 9.17) is 11.6 Å². The quantitative estimate of drug-likeness (QED) is 0.609. The average Bonchev–Trinajstić information content (AvgIpc) is 2.07. The second-order valence-corrected chi connectivity index (χ2v) is 2.89. The lowest BCUT2D eigenvalue weighted by Gasteiger charge is -1.97. The summed E-state index contributed by atoms with van der Waals surface area (Å²) in [6, 6.07) is 6.27. The van der Waals surface area contributed by atoms with Crippen molar-refractivity contribution in [3.05, 3.63) is 41.3 Å². The molecule has 0 N–H and O–H groups in total. The Balaban J connectivity index is 2.88. The zero-order valence-corrected chi connectivity index (χ0v) is 6.85. The summed E-state index contributed by atoms with van der Waals surface area (Å²) >= 11 is 5.70. The van der Waals surface area contributed by atoms with Crippen LogP contribution in [0.3, 0.4) is 0 Å². The van der Waals surface area contributed by atoms with Crippen molar-refractivity contribution in [1.82, 2.24) is 4.98 Å². The van der Waals surface area contributed by atoms with Gasteiger partial charge in [-0.3, -0.25) is 4.98 Å². The van der Waals surface area contributed by atoms with Crippen molar-refractivity contribution in [3.8, 4) is 0 Å². The van der Waals surface area contributed by atoms with Crippen LogP contribution in [0.5, 0.6) is 0 Å². The Bertz CT molecular complexity index is 428. The summed E-state index contributed by atoms with van der Waals surface area (Å²) in [6.07, 6.45) is 1.44. The molecule has 0 radical (unpaired) electrons. The van der Waals surface area contributed by atoms with Gasteiger partial charge < -0.3 is 0 Å². The minimum absolute atomic E-state index is 0.289. The van der Waals surface area contributed by atoms with E-state index >= 15 is 0 Å². The van der Waals surface area contributed by atoms with Gasteiger partial charge in [0, 0.05) is 16.6 Å². The second kappa shape index (κ2) is 2.72. The molecule has 0 bridgehead atoms. The van der Waals surface area contributed by atoms with Crippen molar-refractivity contribution in [2.24, 2.45) is 0 Å². The van der Waals surface area contributed by atoms with Gasteiger partial charge in [-0.25, -0.2) is 4.39 Å². The van der Waals surface area contributed by atoms with E-state index in [1.165, 1.54) is 12.3 Å². The summed E-state index contributed by atoms with van der Waals surface area (Å²) in [5, 5.41) is 0.986. The topological polar surface area (TPSA) is 12.9 Å². The first-order chi connectivity index (χ1) is 5.77. The predicted molar refractivity (Wildman–Crippen MR) is 46.7 cm³/mol. The summed E-state index contributed by atoms with van der Waals surface area (Å²) < 4.78 is 13.1. The van der Waals surface area contributed by atoms with Gasteiger partial charge in [-0.05, 0) is 24.3 Å². The van der Waals surface area contributed by atoms with Crippen LogP contribution in [0.2, 0.25) is 5.02 Å². The van der Waals surface area contributed by atoms with Crippen LogP contribution in [0.1, 0.15) is 0 Å². The van der Waals surface area contributed by atoms with E-state index in [0.717, 1.165) is 0 Å². The largest absolute Gasteiger partial charge is 0.256 e. The highest BCUT2D eigenvalue weighted by molar-refractivity contribution is 6.31. The third-order valence-corrected chi connectivity index (χ3v) is 1.89. The fourth-order valence-electron chi connectivity index (χ4n) is 1.08. The monoisotopic (exact) mass is 181 g/mol. The molecule has 3 heteroatoms. The van der Waals surface area contributed by atoms with Gasteiger partial charge in [0.15, 0.2) is 0 Å². The number of benzene rings is 1. The fourth-order valence-corrected chi connectivity index (χ4v) is 1.26. The molecule has 0 aliphatic carbocycles. The number of pyridine rings is 1. The maximum Gasteiger partial charge on any atom is 0.134 e. The lowest BCUT2D eigenvalue weighted by Crippen LogP contribution is -1.82. The number of aromatic nitrogens is 1. The molecule has 0 saturated carbocycles. The number of halogens is 2. The van der Waals surface area contributed by atoms with Gasteiger partial charge in [-0.1, -0.05) is 11.6 Å². The molecule has 0 saturated heterocycles. The number of rotatable bonds is 0. The molecule has 1 aromatic heterocycles. The van der Waals surface area contributed by atoms with E-state index < -0.39 is 0 Å². The number of hydrogen-bond donors (Lipinski definition) is 0. The summed E-state index contributed by atoms with van der Waals surface area (Å²) in [7, 11) is 0. The maximum atomic E-state index is 13.1. The van der Waals surface area contributed by atoms with E-state index in [0.29, 0.717) is 15.9 Å². The molecule has 0 amide bonds. The first kappa shape index (κ1) is 7.50. The standard InChI is InChI=1S/C9H5ClFN/c10-6-1-2-9-7(5-6)8(11)3-4-12-9/h1-5H. The van der Waals surface area contributed by atoms with E-state index in [-0.39, 0.29) is 5.82 Å². The van der Waals surface area contributed by atoms with Crippen molar-refractivity contribution in [2.45, 2.75) is 0 Å². The molecular formula is C9H5ClFN. The van der Waals surface area contributed by atoms with Crippen molar-refractivity contribution in [3.63, 3.8) is 0 Å². The van der Waals surface area contributed by atoms with Crippen molar-refractivity contribution in [2.75, 3.05) is 0 Å². The Morgan fingerprint density at radius 2 is 2.08 bits per heavy atom. The van der Waals surface area contributed by atoms with Crippen LogP contribution in [0.4, 0.5) is 4.39 Å². The summed E-state index contributed by atoms with van der Waals surface area (Å²) in [5.74, 6) is -0.289. The highest BCUT2D eigenvalue weighted by Gasteiger charge is 2.00. The number of nitrogens with zero attached hydrogens (tertiary/aromatic N) is 1. The summed E-state index contributed by atoms with van der Waals surface area (Å²) in [4.78, 5) is 3.98. The van der Waals surface area contributed by atoms with Crippen molar-refractivity contribution >= 4 is 22.5 Å². The Kier molecular flexibility index (Phi) is 1.70. The normalized spacial score (nSPS) is 10.5. The lowest BCUT2D eigenvalue weighted by molar-refractivity contribution is 0.638. The van der Waals surface area contributed by atoms with Gasteiger partial charge in [0.05, 0.1) is 5.52 Å². The SMILES string of the molecule is Fc1ccnc2ccc(Cl)cc12. The molecule has 2 aromatic rings. The van der Waals surface area contributed by atoms with Gasteiger partial charge in [0.25, 0.3) is 0 Å². The molecule has 2 rings (SSSR count). The maximum absolute atomic E-state index is 13.1. The van der Waals surface area contributed by atoms with E-state index in [2.05, 4.69) is 4.98 Å². The van der Waals surface area contributed by atoms with Gasteiger partial charge in [0.2, 0.25) is 0 Å². The average molecular weight is 182 g/mol. The minimum Gasteiger partial charge on any atom is -0.256 e. The van der Waals surface area contributed by atoms with Crippen LogP contribution < -0.4 is 0 Å². The van der Waals surface area contributed by atoms with Gasteiger partial charge in [-0.2, -0.15) is 0 Å². The third kappa shape index (κ3) is 1.14. The van der Waals surface area contributed by atoms with Crippen molar-refractivity contribution in [1.29, 1.82) is 0 Å². The van der Waals surface area contributed by atoms with Crippen LogP contribution in [0.15, 0.2) is 30.5 Å². The Morgan fingerprint density at radius 3 is 2.92 bits per heavy atom. The molecular weight excluding hydrogens is 177 g/mol. The van der Waals surface area contributed by atoms with Crippen LogP contribution in [-0.4, -0.2) is 4.98 Å². The summed E-state index contributed by atoms with van der Waals surface area (Å²) in [5.41, 5.74) is 0.624. The van der Waals surface area contributed by atoms with Crippen LogP contribution in [0.25, 0.3) is 10.9 Å². The molecule has 0 aliphatic rings. The molecule has 60 valence electrons. The molecule has 0 atom stereocenters. The number of fused-ring (bicyclic) bond motifs is 1. The van der Waals surface area contributed by atoms with Crippen LogP contribution in [0, 0.1) is 5.82 Å². The van der Waals surface area contributed by atoms with E-state index in [9.17, 15) is 4.39 Å². The summed E-state index contributed by atoms with van der Waals surface area (Å²) in [6.45, 7) is 0. The molecule has 1 heterocycles. The Hall–Kier alpha value is -1.15. The molecule has 0 fully saturated rings. The lowest BCUT2D eigenvalue weighted by atomic mass is 10.2. The molecule has 1 aromatic carbocycles. The Morgan fingerprint density at radius 1 is 1.25 bits per heavy atom. The van der Waals surface area contributed by atoms with Crippen LogP contribution >= 0.6 is 11.6 Å². The first-order valence-electron chi connectivity index (χ1n) is 3.47. The zero-order valence-electron chi connectivity index (χ0n) is 6.09. The molecule has 1 nitrogen and oxygen atoms in total. The molecule has 0 unspecified atom stereocenters. The van der Waals surface area contributed by atoms with Gasteiger partial charge >= 0.3 is 0 Å². The van der Waals surface area contributed by atoms with Gasteiger partial charge in [0.1, 0.15) is 5.82 Å². The highest BCUT2D eigenvalue weighted by Crippen LogP contribution is 2.19. The molecule has 0 spiro atoms. The first-order valence-corrected chi connectivity index (χ1v) is 3.85. The zero-order chi connectivity index (χ0) is 8.55. The highest BCUT2D eigenvalue weighted by atomic mass is 35.5. The number of hydrogen-bond acceptors (Lipinski definition) is 1. The fraction of sp³-hybridized carbons (Fsp3) is 0. The third-order valence-electron chi connectivity index (χ3n) is 1.65. The van der Waals surface area contributed by atoms with Crippen LogP contribution in [-0.2, 0) is 0 Å². The molecule has 0 aliphatic heterocycles. The predicted octanol–water partition coefficient (Wildman–Crippen LogP) is 3.03. The van der Waals surface area contributed by atoms with E-state index in [1.54, 1.807) is 18.2 Å². The van der Waals surface area contributed by atoms with E-state index in [1.807, 2.05) is 0 Å². The smallest absolute Gasteiger partial charge is 0.134 e. The van der Waals surface area contributed by atoms with Crippen molar-refractivity contribution < 1.29 is 4.39 Å². The van der Waals surface area contributed by atoms with Gasteiger partial charge in [-0.15, -0.1) is 0 Å².